The number of carbonyl (C=O) groups excluding carboxylic acids is 2. The van der Waals surface area contributed by atoms with E-state index in [1.807, 2.05) is 0 Å². The van der Waals surface area contributed by atoms with Gasteiger partial charge in [0.15, 0.2) is 5.54 Å². The van der Waals surface area contributed by atoms with Gasteiger partial charge in [0.2, 0.25) is 0 Å². The van der Waals surface area contributed by atoms with Gasteiger partial charge in [-0.05, 0) is 11.6 Å². The minimum atomic E-state index is -1.15. The van der Waals surface area contributed by atoms with Crippen LogP contribution in [0.1, 0.15) is 17.5 Å². The molecular formula is C18H15N3O5. The number of hydrogen-bond acceptors (Lipinski definition) is 5. The summed E-state index contributed by atoms with van der Waals surface area (Å²) in [6.45, 7) is 0.283. The molecule has 8 nitrogen and oxygen atoms in total. The summed E-state index contributed by atoms with van der Waals surface area (Å²) < 4.78 is 5.59. The average Bonchev–Trinajstić information content (AvgIpc) is 2.87. The molecule has 4 rings (SSSR count). The summed E-state index contributed by atoms with van der Waals surface area (Å²) in [5.41, 5.74) is -0.0842. The number of nitrogens with zero attached hydrogens (tertiary/aromatic N) is 2. The van der Waals surface area contributed by atoms with Crippen molar-refractivity contribution >= 4 is 17.6 Å². The summed E-state index contributed by atoms with van der Waals surface area (Å²) in [6, 6.07) is 12.5. The number of hydrogen-bond donors (Lipinski definition) is 1. The molecule has 2 aliphatic heterocycles. The van der Waals surface area contributed by atoms with Crippen LogP contribution in [0.5, 0.6) is 5.75 Å². The fourth-order valence-corrected chi connectivity index (χ4v) is 3.47. The molecule has 0 radical (unpaired) electrons. The van der Waals surface area contributed by atoms with Crippen LogP contribution in [-0.4, -0.2) is 28.4 Å². The Morgan fingerprint density at radius 3 is 2.81 bits per heavy atom. The average molecular weight is 353 g/mol. The van der Waals surface area contributed by atoms with Gasteiger partial charge in [0.1, 0.15) is 5.75 Å². The Balaban J connectivity index is 1.67. The summed E-state index contributed by atoms with van der Waals surface area (Å²) in [7, 11) is 0. The van der Waals surface area contributed by atoms with Gasteiger partial charge in [-0.25, -0.2) is 4.79 Å². The first-order valence-electron chi connectivity index (χ1n) is 8.11. The molecule has 2 heterocycles. The number of para-hydroxylation sites is 1. The Kier molecular flexibility index (Phi) is 3.61. The lowest BCUT2D eigenvalue weighted by Crippen LogP contribution is -2.47. The van der Waals surface area contributed by atoms with Crippen molar-refractivity contribution in [3.8, 4) is 5.75 Å². The second kappa shape index (κ2) is 5.83. The number of amides is 3. The van der Waals surface area contributed by atoms with E-state index in [4.69, 9.17) is 4.74 Å². The predicted octanol–water partition coefficient (Wildman–Crippen LogP) is 2.32. The van der Waals surface area contributed by atoms with Crippen LogP contribution in [0.3, 0.4) is 0 Å². The fourth-order valence-electron chi connectivity index (χ4n) is 3.47. The maximum Gasteiger partial charge on any atom is 0.325 e. The standard InChI is InChI=1S/C18H15N3O5/c22-16-18(8-9-26-15-7-2-1-6-14(15)18)19-17(23)20(16)11-12-4-3-5-13(10-12)21(24)25/h1-7,10H,8-9,11H2,(H,19,23). The molecule has 1 spiro atoms. The van der Waals surface area contributed by atoms with Crippen LogP contribution in [0.25, 0.3) is 0 Å². The number of benzene rings is 2. The van der Waals surface area contributed by atoms with E-state index in [1.165, 1.54) is 18.2 Å². The van der Waals surface area contributed by atoms with Crippen LogP contribution in [0.15, 0.2) is 48.5 Å². The van der Waals surface area contributed by atoms with Crippen molar-refractivity contribution in [1.29, 1.82) is 0 Å². The number of ether oxygens (including phenoxy) is 1. The first-order valence-corrected chi connectivity index (χ1v) is 8.11. The van der Waals surface area contributed by atoms with Crippen molar-refractivity contribution in [2.24, 2.45) is 0 Å². The van der Waals surface area contributed by atoms with E-state index < -0.39 is 16.5 Å². The van der Waals surface area contributed by atoms with Gasteiger partial charge in [0.25, 0.3) is 11.6 Å². The van der Waals surface area contributed by atoms with Crippen LogP contribution in [-0.2, 0) is 16.9 Å². The smallest absolute Gasteiger partial charge is 0.325 e. The lowest BCUT2D eigenvalue weighted by Gasteiger charge is -2.33. The second-order valence-corrected chi connectivity index (χ2v) is 6.25. The lowest BCUT2D eigenvalue weighted by atomic mass is 9.84. The molecule has 2 aromatic carbocycles. The molecule has 1 atom stereocenters. The third kappa shape index (κ3) is 2.38. The zero-order chi connectivity index (χ0) is 18.3. The van der Waals surface area contributed by atoms with Gasteiger partial charge in [-0.15, -0.1) is 0 Å². The third-order valence-electron chi connectivity index (χ3n) is 4.72. The highest BCUT2D eigenvalue weighted by Crippen LogP contribution is 2.41. The van der Waals surface area contributed by atoms with Gasteiger partial charge in [0.05, 0.1) is 18.1 Å². The Bertz CT molecular complexity index is 929. The Labute approximate surface area is 148 Å². The quantitative estimate of drug-likeness (QED) is 0.518. The summed E-state index contributed by atoms with van der Waals surface area (Å²) in [6.07, 6.45) is 0.333. The van der Waals surface area contributed by atoms with Crippen molar-refractivity contribution < 1.29 is 19.2 Å². The Morgan fingerprint density at radius 1 is 1.19 bits per heavy atom. The Hall–Kier alpha value is -3.42. The predicted molar refractivity (Wildman–Crippen MR) is 90.4 cm³/mol. The molecule has 0 aliphatic carbocycles. The van der Waals surface area contributed by atoms with Crippen LogP contribution in [0.2, 0.25) is 0 Å². The minimum absolute atomic E-state index is 0.0306. The van der Waals surface area contributed by atoms with Gasteiger partial charge in [-0.3, -0.25) is 19.8 Å². The maximum absolute atomic E-state index is 13.1. The van der Waals surface area contributed by atoms with Gasteiger partial charge in [-0.1, -0.05) is 30.3 Å². The number of urea groups is 1. The van der Waals surface area contributed by atoms with Gasteiger partial charge >= 0.3 is 6.03 Å². The number of carbonyl (C=O) groups is 2. The fraction of sp³-hybridized carbons (Fsp3) is 0.222. The third-order valence-corrected chi connectivity index (χ3v) is 4.72. The molecule has 132 valence electrons. The summed E-state index contributed by atoms with van der Waals surface area (Å²) >= 11 is 0. The molecule has 0 aromatic heterocycles. The highest BCUT2D eigenvalue weighted by Gasteiger charge is 2.54. The number of imide groups is 1. The largest absolute Gasteiger partial charge is 0.493 e. The van der Waals surface area contributed by atoms with Crippen LogP contribution >= 0.6 is 0 Å². The van der Waals surface area contributed by atoms with E-state index >= 15 is 0 Å². The molecule has 1 saturated heterocycles. The molecule has 2 aromatic rings. The summed E-state index contributed by atoms with van der Waals surface area (Å²) in [4.78, 5) is 37.2. The van der Waals surface area contributed by atoms with Gasteiger partial charge < -0.3 is 10.1 Å². The molecule has 1 N–H and O–H groups in total. The Morgan fingerprint density at radius 2 is 2.00 bits per heavy atom. The van der Waals surface area contributed by atoms with Crippen LogP contribution < -0.4 is 10.1 Å². The zero-order valence-corrected chi connectivity index (χ0v) is 13.7. The van der Waals surface area contributed by atoms with Gasteiger partial charge in [-0.2, -0.15) is 0 Å². The lowest BCUT2D eigenvalue weighted by molar-refractivity contribution is -0.384. The molecule has 26 heavy (non-hydrogen) atoms. The summed E-state index contributed by atoms with van der Waals surface area (Å²) in [5, 5.41) is 13.7. The molecule has 0 saturated carbocycles. The molecular weight excluding hydrogens is 338 g/mol. The van der Waals surface area contributed by atoms with E-state index in [2.05, 4.69) is 5.32 Å². The van der Waals surface area contributed by atoms with Crippen LogP contribution in [0.4, 0.5) is 10.5 Å². The molecule has 0 bridgehead atoms. The van der Waals surface area contributed by atoms with Crippen molar-refractivity contribution in [2.75, 3.05) is 6.61 Å². The highest BCUT2D eigenvalue weighted by atomic mass is 16.6. The molecule has 1 fully saturated rings. The van der Waals surface area contributed by atoms with E-state index in [-0.39, 0.29) is 18.1 Å². The number of nitro benzene ring substituents is 1. The van der Waals surface area contributed by atoms with Gasteiger partial charge in [0, 0.05) is 24.1 Å². The normalized spacial score (nSPS) is 21.3. The number of fused-ring (bicyclic) bond motifs is 2. The molecule has 2 aliphatic rings. The SMILES string of the molecule is O=C1NC2(CCOc3ccccc32)C(=O)N1Cc1cccc([N+](=O)[O-])c1. The molecule has 1 unspecified atom stereocenters. The number of non-ortho nitro benzene ring substituents is 1. The van der Waals surface area contributed by atoms with Crippen LogP contribution in [0, 0.1) is 10.1 Å². The van der Waals surface area contributed by atoms with E-state index in [0.717, 1.165) is 4.90 Å². The van der Waals surface area contributed by atoms with Crippen molar-refractivity contribution in [3.05, 3.63) is 69.8 Å². The van der Waals surface area contributed by atoms with E-state index in [1.54, 1.807) is 30.3 Å². The van der Waals surface area contributed by atoms with Crippen molar-refractivity contribution in [3.63, 3.8) is 0 Å². The topological polar surface area (TPSA) is 102 Å². The summed E-state index contributed by atoms with van der Waals surface area (Å²) in [5.74, 6) is 0.203. The zero-order valence-electron chi connectivity index (χ0n) is 13.7. The monoisotopic (exact) mass is 353 g/mol. The first kappa shape index (κ1) is 16.1. The molecule has 3 amide bonds. The number of nitrogens with one attached hydrogen (secondary N) is 1. The highest BCUT2D eigenvalue weighted by molar-refractivity contribution is 6.07. The number of rotatable bonds is 3. The minimum Gasteiger partial charge on any atom is -0.493 e. The van der Waals surface area contributed by atoms with E-state index in [9.17, 15) is 19.7 Å². The second-order valence-electron chi connectivity index (χ2n) is 6.25. The van der Waals surface area contributed by atoms with E-state index in [0.29, 0.717) is 29.9 Å². The van der Waals surface area contributed by atoms with Crippen molar-refractivity contribution in [1.82, 2.24) is 10.2 Å². The van der Waals surface area contributed by atoms with Crippen molar-refractivity contribution in [2.45, 2.75) is 18.5 Å². The molecule has 8 heteroatoms. The maximum atomic E-state index is 13.1. The first-order chi connectivity index (χ1) is 12.5. The number of nitro groups is 1.